The van der Waals surface area contributed by atoms with Crippen LogP contribution in [0.4, 0.5) is 5.69 Å². The van der Waals surface area contributed by atoms with Crippen LogP contribution in [0.15, 0.2) is 30.3 Å². The second kappa shape index (κ2) is 7.47. The number of hydrogen-bond acceptors (Lipinski definition) is 4. The number of benzene rings is 2. The lowest BCUT2D eigenvalue weighted by Gasteiger charge is -2.23. The molecule has 1 fully saturated rings. The van der Waals surface area contributed by atoms with Crippen molar-refractivity contribution in [2.24, 2.45) is 0 Å². The highest BCUT2D eigenvalue weighted by molar-refractivity contribution is 6.07. The van der Waals surface area contributed by atoms with Crippen LogP contribution in [0.3, 0.4) is 0 Å². The summed E-state index contributed by atoms with van der Waals surface area (Å²) in [5.41, 5.74) is 6.12. The van der Waals surface area contributed by atoms with Crippen molar-refractivity contribution in [2.45, 2.75) is 46.3 Å². The van der Waals surface area contributed by atoms with E-state index in [1.165, 1.54) is 5.56 Å². The molecular formula is C24H29NO4. The van der Waals surface area contributed by atoms with E-state index in [0.717, 1.165) is 33.7 Å². The van der Waals surface area contributed by atoms with Crippen molar-refractivity contribution in [3.8, 4) is 5.75 Å². The second-order valence-electron chi connectivity index (χ2n) is 8.24. The number of anilines is 1. The number of ether oxygens (including phenoxy) is 3. The molecule has 5 heteroatoms. The van der Waals surface area contributed by atoms with Gasteiger partial charge in [-0.05, 0) is 55.0 Å². The van der Waals surface area contributed by atoms with Gasteiger partial charge in [-0.3, -0.25) is 4.79 Å². The first-order valence-corrected chi connectivity index (χ1v) is 10.3. The van der Waals surface area contributed by atoms with Crippen molar-refractivity contribution in [2.75, 3.05) is 31.3 Å². The van der Waals surface area contributed by atoms with Gasteiger partial charge in [0.15, 0.2) is 0 Å². The van der Waals surface area contributed by atoms with Gasteiger partial charge in [0, 0.05) is 5.56 Å². The van der Waals surface area contributed by atoms with Gasteiger partial charge in [-0.15, -0.1) is 0 Å². The highest BCUT2D eigenvalue weighted by Crippen LogP contribution is 2.48. The summed E-state index contributed by atoms with van der Waals surface area (Å²) in [4.78, 5) is 15.2. The summed E-state index contributed by atoms with van der Waals surface area (Å²) >= 11 is 0. The normalized spacial score (nSPS) is 17.4. The van der Waals surface area contributed by atoms with Gasteiger partial charge in [-0.25, -0.2) is 0 Å². The Kier molecular flexibility index (Phi) is 5.13. The maximum Gasteiger partial charge on any atom is 0.292 e. The molecule has 154 valence electrons. The molecule has 0 atom stereocenters. The third-order valence-electron chi connectivity index (χ3n) is 5.77. The van der Waals surface area contributed by atoms with Crippen LogP contribution in [-0.2, 0) is 20.1 Å². The molecular weight excluding hydrogens is 366 g/mol. The molecule has 2 aliphatic rings. The van der Waals surface area contributed by atoms with Crippen LogP contribution in [-0.4, -0.2) is 32.3 Å². The molecule has 0 saturated carbocycles. The van der Waals surface area contributed by atoms with E-state index in [0.29, 0.717) is 32.3 Å². The fourth-order valence-electron chi connectivity index (χ4n) is 4.33. The van der Waals surface area contributed by atoms with Crippen LogP contribution in [0.1, 0.15) is 47.6 Å². The molecule has 0 aromatic heterocycles. The molecule has 0 N–H and O–H groups in total. The lowest BCUT2D eigenvalue weighted by molar-refractivity contribution is -0.180. The average Bonchev–Trinajstić information content (AvgIpc) is 3.25. The Morgan fingerprint density at radius 2 is 1.76 bits per heavy atom. The molecule has 4 rings (SSSR count). The predicted molar refractivity (Wildman–Crippen MR) is 113 cm³/mol. The maximum atomic E-state index is 13.4. The zero-order chi connectivity index (χ0) is 20.8. The quantitative estimate of drug-likeness (QED) is 0.755. The molecule has 1 amide bonds. The van der Waals surface area contributed by atoms with Gasteiger partial charge in [0.1, 0.15) is 12.4 Å². The summed E-state index contributed by atoms with van der Waals surface area (Å²) < 4.78 is 17.9. The van der Waals surface area contributed by atoms with Crippen molar-refractivity contribution in [3.63, 3.8) is 0 Å². The lowest BCUT2D eigenvalue weighted by Crippen LogP contribution is -2.43. The average molecular weight is 395 g/mol. The molecule has 0 bridgehead atoms. The topological polar surface area (TPSA) is 48.0 Å². The van der Waals surface area contributed by atoms with E-state index in [1.54, 1.807) is 4.90 Å². The Morgan fingerprint density at radius 1 is 1.07 bits per heavy atom. The van der Waals surface area contributed by atoms with E-state index in [4.69, 9.17) is 14.2 Å². The SMILES string of the molecule is Cc1ccc(C(C)C)c(OCCN2C(=O)C3(OCCO3)c3c(C)ccc(C)c32)c1. The van der Waals surface area contributed by atoms with E-state index in [1.807, 2.05) is 26.0 Å². The summed E-state index contributed by atoms with van der Waals surface area (Å²) in [6.45, 7) is 12.1. The van der Waals surface area contributed by atoms with Gasteiger partial charge in [0.2, 0.25) is 0 Å². The molecule has 0 unspecified atom stereocenters. The van der Waals surface area contributed by atoms with E-state index in [2.05, 4.69) is 39.0 Å². The fraction of sp³-hybridized carbons (Fsp3) is 0.458. The number of rotatable bonds is 5. The highest BCUT2D eigenvalue weighted by atomic mass is 16.7. The molecule has 2 aliphatic heterocycles. The Balaban J connectivity index is 1.60. The first-order chi connectivity index (χ1) is 13.8. The summed E-state index contributed by atoms with van der Waals surface area (Å²) in [6, 6.07) is 10.4. The molecule has 1 saturated heterocycles. The molecule has 2 aromatic carbocycles. The summed E-state index contributed by atoms with van der Waals surface area (Å²) in [6.07, 6.45) is 0. The molecule has 29 heavy (non-hydrogen) atoms. The van der Waals surface area contributed by atoms with Gasteiger partial charge in [-0.1, -0.05) is 38.1 Å². The van der Waals surface area contributed by atoms with Gasteiger partial charge in [-0.2, -0.15) is 0 Å². The Bertz CT molecular complexity index is 944. The maximum absolute atomic E-state index is 13.4. The highest BCUT2D eigenvalue weighted by Gasteiger charge is 2.57. The first kappa shape index (κ1) is 19.9. The first-order valence-electron chi connectivity index (χ1n) is 10.3. The van der Waals surface area contributed by atoms with Crippen LogP contribution in [0.5, 0.6) is 5.75 Å². The zero-order valence-corrected chi connectivity index (χ0v) is 17.9. The fourth-order valence-corrected chi connectivity index (χ4v) is 4.33. The van der Waals surface area contributed by atoms with Gasteiger partial charge in [0.05, 0.1) is 25.4 Å². The van der Waals surface area contributed by atoms with Crippen molar-refractivity contribution < 1.29 is 19.0 Å². The van der Waals surface area contributed by atoms with Crippen LogP contribution in [0, 0.1) is 20.8 Å². The molecule has 1 spiro atoms. The summed E-state index contributed by atoms with van der Waals surface area (Å²) in [7, 11) is 0. The summed E-state index contributed by atoms with van der Waals surface area (Å²) in [5.74, 6) is -0.193. The standard InChI is InChI=1S/C24H29NO4/c1-15(2)19-9-6-16(3)14-20(19)27-11-10-25-22-18(5)8-7-17(4)21(22)24(23(25)26)28-12-13-29-24/h6-9,14-15H,10-13H2,1-5H3. The van der Waals surface area contributed by atoms with E-state index >= 15 is 0 Å². The van der Waals surface area contributed by atoms with Crippen LogP contribution >= 0.6 is 0 Å². The zero-order valence-electron chi connectivity index (χ0n) is 17.9. The van der Waals surface area contributed by atoms with Crippen LogP contribution in [0.25, 0.3) is 0 Å². The molecule has 2 heterocycles. The number of carbonyl (C=O) groups is 1. The number of aryl methyl sites for hydroxylation is 3. The monoisotopic (exact) mass is 395 g/mol. The molecule has 0 radical (unpaired) electrons. The molecule has 2 aromatic rings. The van der Waals surface area contributed by atoms with Crippen LogP contribution in [0.2, 0.25) is 0 Å². The number of hydrogen-bond donors (Lipinski definition) is 0. The third kappa shape index (κ3) is 3.22. The van der Waals surface area contributed by atoms with Crippen molar-refractivity contribution in [3.05, 3.63) is 58.1 Å². The Morgan fingerprint density at radius 3 is 2.45 bits per heavy atom. The minimum absolute atomic E-state index is 0.153. The second-order valence-corrected chi connectivity index (χ2v) is 8.24. The van der Waals surface area contributed by atoms with Crippen molar-refractivity contribution in [1.82, 2.24) is 0 Å². The van der Waals surface area contributed by atoms with Crippen LogP contribution < -0.4 is 9.64 Å². The number of nitrogens with zero attached hydrogens (tertiary/aromatic N) is 1. The minimum Gasteiger partial charge on any atom is -0.491 e. The van der Waals surface area contributed by atoms with Gasteiger partial charge >= 0.3 is 0 Å². The minimum atomic E-state index is -1.29. The van der Waals surface area contributed by atoms with E-state index in [9.17, 15) is 4.79 Å². The molecule has 5 nitrogen and oxygen atoms in total. The van der Waals surface area contributed by atoms with Gasteiger partial charge < -0.3 is 19.1 Å². The van der Waals surface area contributed by atoms with Crippen molar-refractivity contribution in [1.29, 1.82) is 0 Å². The summed E-state index contributed by atoms with van der Waals surface area (Å²) in [5, 5.41) is 0. The Hall–Kier alpha value is -2.37. The number of carbonyl (C=O) groups excluding carboxylic acids is 1. The van der Waals surface area contributed by atoms with E-state index in [-0.39, 0.29) is 5.91 Å². The smallest absolute Gasteiger partial charge is 0.292 e. The molecule has 0 aliphatic carbocycles. The largest absolute Gasteiger partial charge is 0.491 e. The predicted octanol–water partition coefficient (Wildman–Crippen LogP) is 4.36. The van der Waals surface area contributed by atoms with Crippen molar-refractivity contribution >= 4 is 11.6 Å². The lowest BCUT2D eigenvalue weighted by atomic mass is 9.98. The van der Waals surface area contributed by atoms with E-state index < -0.39 is 5.79 Å². The number of amides is 1. The third-order valence-corrected chi connectivity index (χ3v) is 5.77. The van der Waals surface area contributed by atoms with Gasteiger partial charge in [0.25, 0.3) is 11.7 Å². The number of fused-ring (bicyclic) bond motifs is 2. The Labute approximate surface area is 172 Å².